The van der Waals surface area contributed by atoms with Crippen LogP contribution in [-0.4, -0.2) is 0 Å². The van der Waals surface area contributed by atoms with Crippen molar-refractivity contribution in [2.24, 2.45) is 23.7 Å². The van der Waals surface area contributed by atoms with Gasteiger partial charge in [0.15, 0.2) is 0 Å². The van der Waals surface area contributed by atoms with Crippen LogP contribution in [-0.2, 0) is 12.8 Å². The molecule has 2 aliphatic rings. The maximum absolute atomic E-state index is 14.6. The molecule has 0 amide bonds. The first-order chi connectivity index (χ1) is 13.2. The lowest BCUT2D eigenvalue weighted by Gasteiger charge is -2.28. The van der Waals surface area contributed by atoms with E-state index in [-0.39, 0.29) is 5.82 Å². The first-order valence-corrected chi connectivity index (χ1v) is 11.9. The lowest BCUT2D eigenvalue weighted by Crippen LogP contribution is -2.15. The maximum Gasteiger partial charge on any atom is 0.126 e. The third-order valence-electron chi connectivity index (χ3n) is 7.87. The summed E-state index contributed by atoms with van der Waals surface area (Å²) in [6, 6.07) is 6.11. The van der Waals surface area contributed by atoms with E-state index in [4.69, 9.17) is 0 Å². The second-order valence-electron chi connectivity index (χ2n) is 9.59. The molecular formula is C26H41F. The number of hydrogen-bond donors (Lipinski definition) is 0. The lowest BCUT2D eigenvalue weighted by atomic mass is 9.78. The van der Waals surface area contributed by atoms with Crippen LogP contribution in [0.1, 0.15) is 102 Å². The van der Waals surface area contributed by atoms with E-state index in [0.717, 1.165) is 42.1 Å². The third kappa shape index (κ3) is 6.33. The highest BCUT2D eigenvalue weighted by Crippen LogP contribution is 2.34. The average molecular weight is 373 g/mol. The van der Waals surface area contributed by atoms with Gasteiger partial charge in [-0.1, -0.05) is 90.2 Å². The van der Waals surface area contributed by atoms with Crippen LogP contribution < -0.4 is 0 Å². The second kappa shape index (κ2) is 10.6. The molecule has 0 heterocycles. The summed E-state index contributed by atoms with van der Waals surface area (Å²) in [5, 5.41) is 0. The van der Waals surface area contributed by atoms with E-state index in [1.54, 1.807) is 0 Å². The van der Waals surface area contributed by atoms with Gasteiger partial charge in [-0.3, -0.25) is 0 Å². The van der Waals surface area contributed by atoms with Gasteiger partial charge in [-0.05, 0) is 66.5 Å². The molecule has 27 heavy (non-hydrogen) atoms. The zero-order valence-electron chi connectivity index (χ0n) is 17.8. The molecule has 2 fully saturated rings. The molecule has 1 aromatic rings. The van der Waals surface area contributed by atoms with Crippen molar-refractivity contribution in [1.82, 2.24) is 0 Å². The van der Waals surface area contributed by atoms with Crippen molar-refractivity contribution >= 4 is 0 Å². The monoisotopic (exact) mass is 372 g/mol. The average Bonchev–Trinajstić information content (AvgIpc) is 2.72. The summed E-state index contributed by atoms with van der Waals surface area (Å²) in [5.74, 6) is 3.66. The van der Waals surface area contributed by atoms with Crippen molar-refractivity contribution < 1.29 is 4.39 Å². The highest BCUT2D eigenvalue weighted by Gasteiger charge is 2.21. The predicted molar refractivity (Wildman–Crippen MR) is 115 cm³/mol. The van der Waals surface area contributed by atoms with Gasteiger partial charge in [-0.25, -0.2) is 4.39 Å². The molecule has 0 nitrogen and oxygen atoms in total. The van der Waals surface area contributed by atoms with Crippen molar-refractivity contribution in [3.63, 3.8) is 0 Å². The number of aryl methyl sites for hydroxylation is 2. The van der Waals surface area contributed by atoms with Gasteiger partial charge in [0.2, 0.25) is 0 Å². The van der Waals surface area contributed by atoms with E-state index in [2.05, 4.69) is 26.0 Å². The molecule has 2 saturated carbocycles. The van der Waals surface area contributed by atoms with E-state index < -0.39 is 0 Å². The molecule has 0 atom stereocenters. The predicted octanol–water partition coefficient (Wildman–Crippen LogP) is 8.12. The van der Waals surface area contributed by atoms with Gasteiger partial charge in [0.05, 0.1) is 0 Å². The molecule has 0 spiro atoms. The zero-order chi connectivity index (χ0) is 19.1. The Morgan fingerprint density at radius 1 is 0.704 bits per heavy atom. The Kier molecular flexibility index (Phi) is 8.22. The van der Waals surface area contributed by atoms with E-state index in [9.17, 15) is 4.39 Å². The second-order valence-corrected chi connectivity index (χ2v) is 9.59. The van der Waals surface area contributed by atoms with Crippen molar-refractivity contribution in [2.75, 3.05) is 0 Å². The highest BCUT2D eigenvalue weighted by atomic mass is 19.1. The summed E-state index contributed by atoms with van der Waals surface area (Å²) in [5.41, 5.74) is 2.15. The van der Waals surface area contributed by atoms with Crippen LogP contribution >= 0.6 is 0 Å². The Hall–Kier alpha value is -0.850. The molecule has 0 aromatic heterocycles. The van der Waals surface area contributed by atoms with Crippen LogP contribution in [0.5, 0.6) is 0 Å². The SMILES string of the molecule is CCC1CCC(CCc2ccc(CCC3CCC(CC)CC3)c(F)c2)CC1. The molecule has 0 unspecified atom stereocenters. The number of hydrogen-bond acceptors (Lipinski definition) is 0. The number of halogens is 1. The first kappa shape index (κ1) is 20.9. The summed E-state index contributed by atoms with van der Waals surface area (Å²) in [6.45, 7) is 4.64. The Morgan fingerprint density at radius 2 is 1.19 bits per heavy atom. The fourth-order valence-electron chi connectivity index (χ4n) is 5.54. The van der Waals surface area contributed by atoms with Crippen molar-refractivity contribution in [1.29, 1.82) is 0 Å². The van der Waals surface area contributed by atoms with Gasteiger partial charge in [0.1, 0.15) is 5.82 Å². The van der Waals surface area contributed by atoms with Crippen LogP contribution in [0.4, 0.5) is 4.39 Å². The lowest BCUT2D eigenvalue weighted by molar-refractivity contribution is 0.258. The van der Waals surface area contributed by atoms with E-state index in [0.29, 0.717) is 0 Å². The zero-order valence-corrected chi connectivity index (χ0v) is 17.8. The smallest absolute Gasteiger partial charge is 0.126 e. The molecule has 152 valence electrons. The Bertz CT molecular complexity index is 547. The summed E-state index contributed by atoms with van der Waals surface area (Å²) in [4.78, 5) is 0. The third-order valence-corrected chi connectivity index (χ3v) is 7.87. The molecule has 1 heteroatoms. The maximum atomic E-state index is 14.6. The summed E-state index contributed by atoms with van der Waals surface area (Å²) < 4.78 is 14.6. The van der Waals surface area contributed by atoms with Gasteiger partial charge < -0.3 is 0 Å². The van der Waals surface area contributed by atoms with Gasteiger partial charge >= 0.3 is 0 Å². The minimum atomic E-state index is 0.0458. The van der Waals surface area contributed by atoms with Crippen LogP contribution in [0.2, 0.25) is 0 Å². The van der Waals surface area contributed by atoms with Gasteiger partial charge in [0.25, 0.3) is 0 Å². The fraction of sp³-hybridized carbons (Fsp3) is 0.769. The fourth-order valence-corrected chi connectivity index (χ4v) is 5.54. The van der Waals surface area contributed by atoms with Crippen molar-refractivity contribution in [2.45, 2.75) is 104 Å². The molecule has 0 aliphatic heterocycles. The Morgan fingerprint density at radius 3 is 1.67 bits per heavy atom. The van der Waals surface area contributed by atoms with Crippen LogP contribution in [0.25, 0.3) is 0 Å². The van der Waals surface area contributed by atoms with Crippen LogP contribution in [0.15, 0.2) is 18.2 Å². The van der Waals surface area contributed by atoms with E-state index in [1.807, 2.05) is 6.07 Å². The summed E-state index contributed by atoms with van der Waals surface area (Å²) in [7, 11) is 0. The molecule has 2 aliphatic carbocycles. The topological polar surface area (TPSA) is 0 Å². The quantitative estimate of drug-likeness (QED) is 0.432. The highest BCUT2D eigenvalue weighted by molar-refractivity contribution is 5.24. The molecule has 0 saturated heterocycles. The summed E-state index contributed by atoms with van der Waals surface area (Å²) >= 11 is 0. The number of rotatable bonds is 8. The van der Waals surface area contributed by atoms with Crippen LogP contribution in [0.3, 0.4) is 0 Å². The minimum absolute atomic E-state index is 0.0458. The standard InChI is InChI=1S/C26H41F/c1-3-20-5-9-22(10-6-20)13-14-24-16-18-25(26(27)19-24)17-15-23-11-7-21(4-2)8-12-23/h16,18-23H,3-15,17H2,1-2H3. The normalized spacial score (nSPS) is 29.0. The largest absolute Gasteiger partial charge is 0.207 e. The summed E-state index contributed by atoms with van der Waals surface area (Å²) in [6.07, 6.45) is 18.2. The molecule has 0 radical (unpaired) electrons. The Balaban J connectivity index is 1.41. The van der Waals surface area contributed by atoms with Crippen LogP contribution in [0, 0.1) is 29.5 Å². The Labute approximate surface area is 167 Å². The minimum Gasteiger partial charge on any atom is -0.207 e. The molecule has 3 rings (SSSR count). The van der Waals surface area contributed by atoms with Gasteiger partial charge in [-0.2, -0.15) is 0 Å². The molecule has 1 aromatic carbocycles. The molecule has 0 bridgehead atoms. The van der Waals surface area contributed by atoms with Gasteiger partial charge in [-0.15, -0.1) is 0 Å². The van der Waals surface area contributed by atoms with Crippen molar-refractivity contribution in [3.05, 3.63) is 35.1 Å². The van der Waals surface area contributed by atoms with E-state index in [1.165, 1.54) is 82.6 Å². The van der Waals surface area contributed by atoms with Crippen molar-refractivity contribution in [3.8, 4) is 0 Å². The molecule has 0 N–H and O–H groups in total. The van der Waals surface area contributed by atoms with Gasteiger partial charge in [0, 0.05) is 0 Å². The first-order valence-electron chi connectivity index (χ1n) is 11.9. The van der Waals surface area contributed by atoms with E-state index >= 15 is 0 Å². The molecular weight excluding hydrogens is 331 g/mol. The number of benzene rings is 1.